The number of fused-ring (bicyclic) bond motifs is 1. The molecule has 0 saturated heterocycles. The zero-order chi connectivity index (χ0) is 23.0. The van der Waals surface area contributed by atoms with Crippen LogP contribution in [0.25, 0.3) is 11.1 Å². The summed E-state index contributed by atoms with van der Waals surface area (Å²) in [6.45, 7) is 2.68. The van der Waals surface area contributed by atoms with E-state index in [9.17, 15) is 9.59 Å². The highest BCUT2D eigenvalue weighted by Gasteiger charge is 2.13. The number of carbonyl (C=O) groups is 2. The fraction of sp³-hybridized carbons (Fsp3) is 0.192. The average Bonchev–Trinajstić information content (AvgIpc) is 2.83. The summed E-state index contributed by atoms with van der Waals surface area (Å²) < 4.78 is 11.0. The summed E-state index contributed by atoms with van der Waals surface area (Å²) >= 11 is 0. The van der Waals surface area contributed by atoms with Crippen molar-refractivity contribution >= 4 is 23.2 Å². The van der Waals surface area contributed by atoms with Crippen LogP contribution in [-0.2, 0) is 16.0 Å². The highest BCUT2D eigenvalue weighted by atomic mass is 16.6. The number of hydrogen-bond acceptors (Lipinski definition) is 5. The van der Waals surface area contributed by atoms with Gasteiger partial charge in [0.2, 0.25) is 11.8 Å². The zero-order valence-corrected chi connectivity index (χ0v) is 18.3. The Hall–Kier alpha value is -4.13. The number of anilines is 1. The van der Waals surface area contributed by atoms with Crippen molar-refractivity contribution in [3.05, 3.63) is 78.4 Å². The lowest BCUT2D eigenvalue weighted by molar-refractivity contribution is -0.120. The number of ether oxygens (including phenoxy) is 2. The van der Waals surface area contributed by atoms with Crippen LogP contribution in [-0.4, -0.2) is 30.7 Å². The molecule has 1 aliphatic rings. The van der Waals surface area contributed by atoms with Crippen molar-refractivity contribution in [2.75, 3.05) is 18.5 Å². The molecule has 7 nitrogen and oxygen atoms in total. The Morgan fingerprint density at radius 1 is 0.848 bits per heavy atom. The summed E-state index contributed by atoms with van der Waals surface area (Å²) in [6, 6.07) is 23.1. The molecule has 0 atom stereocenters. The molecule has 0 aliphatic carbocycles. The summed E-state index contributed by atoms with van der Waals surface area (Å²) in [4.78, 5) is 24.5. The van der Waals surface area contributed by atoms with Crippen LogP contribution in [0.5, 0.6) is 11.5 Å². The first kappa shape index (κ1) is 22.1. The lowest BCUT2D eigenvalue weighted by Gasteiger charge is -2.19. The van der Waals surface area contributed by atoms with Gasteiger partial charge in [0.15, 0.2) is 11.5 Å². The van der Waals surface area contributed by atoms with Gasteiger partial charge in [-0.15, -0.1) is 0 Å². The first-order valence-electron chi connectivity index (χ1n) is 10.7. The van der Waals surface area contributed by atoms with Crippen LogP contribution in [0.1, 0.15) is 18.9 Å². The lowest BCUT2D eigenvalue weighted by atomic mass is 10.0. The van der Waals surface area contributed by atoms with E-state index in [1.54, 1.807) is 25.1 Å². The normalized spacial score (nSPS) is 12.7. The second kappa shape index (κ2) is 10.5. The van der Waals surface area contributed by atoms with Gasteiger partial charge in [-0.25, -0.2) is 5.43 Å². The maximum atomic E-state index is 12.3. The van der Waals surface area contributed by atoms with Crippen molar-refractivity contribution in [1.29, 1.82) is 0 Å². The number of carbonyl (C=O) groups excluding carboxylic acids is 2. The van der Waals surface area contributed by atoms with Crippen molar-refractivity contribution in [3.63, 3.8) is 0 Å². The van der Waals surface area contributed by atoms with Gasteiger partial charge in [0.05, 0.1) is 12.8 Å². The van der Waals surface area contributed by atoms with Crippen molar-refractivity contribution in [1.82, 2.24) is 5.43 Å². The largest absolute Gasteiger partial charge is 0.486 e. The number of nitrogens with one attached hydrogen (secondary N) is 2. The Balaban J connectivity index is 1.25. The van der Waals surface area contributed by atoms with Gasteiger partial charge in [0.1, 0.15) is 13.2 Å². The van der Waals surface area contributed by atoms with Gasteiger partial charge in [0.25, 0.3) is 0 Å². The molecule has 0 fully saturated rings. The molecular formula is C26H25N3O4. The minimum absolute atomic E-state index is 0.0560. The van der Waals surface area contributed by atoms with Gasteiger partial charge >= 0.3 is 0 Å². The Bertz CT molecular complexity index is 1160. The van der Waals surface area contributed by atoms with Crippen LogP contribution in [0.15, 0.2) is 77.9 Å². The molecule has 0 saturated carbocycles. The molecule has 0 bridgehead atoms. The molecule has 3 aromatic rings. The predicted molar refractivity (Wildman–Crippen MR) is 128 cm³/mol. The first-order valence-corrected chi connectivity index (χ1v) is 10.7. The highest BCUT2D eigenvalue weighted by Crippen LogP contribution is 2.32. The molecule has 4 rings (SSSR count). The standard InChI is InChI=1S/C26H25N3O4/c1-18(15-25(30)27-22-11-12-23-24(17-22)33-14-13-32-23)28-29-26(31)16-19-7-9-21(10-8-19)20-5-3-2-4-6-20/h2-12,17H,13-16H2,1H3,(H,27,30)(H,29,31). The molecule has 0 unspecified atom stereocenters. The average molecular weight is 444 g/mol. The van der Waals surface area contributed by atoms with Crippen LogP contribution in [0, 0.1) is 0 Å². The van der Waals surface area contributed by atoms with Gasteiger partial charge in [-0.05, 0) is 35.7 Å². The van der Waals surface area contributed by atoms with Crippen LogP contribution in [0.4, 0.5) is 5.69 Å². The Morgan fingerprint density at radius 2 is 1.55 bits per heavy atom. The number of rotatable bonds is 7. The highest BCUT2D eigenvalue weighted by molar-refractivity contribution is 6.05. The fourth-order valence-corrected chi connectivity index (χ4v) is 3.43. The minimum atomic E-state index is -0.242. The molecule has 0 spiro atoms. The van der Waals surface area contributed by atoms with E-state index in [2.05, 4.69) is 15.8 Å². The summed E-state index contributed by atoms with van der Waals surface area (Å²) in [5, 5.41) is 6.85. The first-order chi connectivity index (χ1) is 16.1. The second-order valence-corrected chi connectivity index (χ2v) is 7.71. The number of nitrogens with zero attached hydrogens (tertiary/aromatic N) is 1. The van der Waals surface area contributed by atoms with Crippen LogP contribution in [0.3, 0.4) is 0 Å². The van der Waals surface area contributed by atoms with Gasteiger partial charge in [-0.2, -0.15) is 5.10 Å². The van der Waals surface area contributed by atoms with Gasteiger partial charge < -0.3 is 14.8 Å². The summed E-state index contributed by atoms with van der Waals surface area (Å²) in [5.74, 6) is 0.788. The second-order valence-electron chi connectivity index (χ2n) is 7.71. The van der Waals surface area contributed by atoms with Gasteiger partial charge in [-0.1, -0.05) is 54.6 Å². The van der Waals surface area contributed by atoms with E-state index in [1.165, 1.54) is 0 Å². The quantitative estimate of drug-likeness (QED) is 0.423. The molecule has 1 aliphatic heterocycles. The topological polar surface area (TPSA) is 89.0 Å². The molecular weight excluding hydrogens is 418 g/mol. The van der Waals surface area contributed by atoms with Gasteiger partial charge in [-0.3, -0.25) is 9.59 Å². The predicted octanol–water partition coefficient (Wildman–Crippen LogP) is 4.19. The Kier molecular flexibility index (Phi) is 6.99. The molecule has 0 aromatic heterocycles. The third-order valence-corrected chi connectivity index (χ3v) is 5.04. The lowest BCUT2D eigenvalue weighted by Crippen LogP contribution is -2.23. The van der Waals surface area contributed by atoms with Crippen molar-refractivity contribution in [2.24, 2.45) is 5.10 Å². The molecule has 7 heteroatoms. The molecule has 0 radical (unpaired) electrons. The van der Waals surface area contributed by atoms with Crippen molar-refractivity contribution < 1.29 is 19.1 Å². The molecule has 2 N–H and O–H groups in total. The third-order valence-electron chi connectivity index (χ3n) is 5.04. The van der Waals surface area contributed by atoms with E-state index in [1.807, 2.05) is 54.6 Å². The number of benzene rings is 3. The van der Waals surface area contributed by atoms with Crippen LogP contribution in [0.2, 0.25) is 0 Å². The van der Waals surface area contributed by atoms with Crippen molar-refractivity contribution in [2.45, 2.75) is 19.8 Å². The van der Waals surface area contributed by atoms with Gasteiger partial charge in [0, 0.05) is 17.5 Å². The summed E-state index contributed by atoms with van der Waals surface area (Å²) in [6.07, 6.45) is 0.260. The number of hydrazone groups is 1. The smallest absolute Gasteiger partial charge is 0.244 e. The van der Waals surface area contributed by atoms with E-state index in [-0.39, 0.29) is 24.7 Å². The zero-order valence-electron chi connectivity index (χ0n) is 18.3. The van der Waals surface area contributed by atoms with Crippen molar-refractivity contribution in [3.8, 4) is 22.6 Å². The molecule has 168 valence electrons. The summed E-state index contributed by atoms with van der Waals surface area (Å²) in [7, 11) is 0. The summed E-state index contributed by atoms with van der Waals surface area (Å²) in [5.41, 5.74) is 6.74. The van der Waals surface area contributed by atoms with Crippen LogP contribution >= 0.6 is 0 Å². The Labute approximate surface area is 192 Å². The maximum absolute atomic E-state index is 12.3. The van der Waals surface area contributed by atoms with E-state index in [4.69, 9.17) is 9.47 Å². The van der Waals surface area contributed by atoms with E-state index >= 15 is 0 Å². The maximum Gasteiger partial charge on any atom is 0.244 e. The molecule has 2 amide bonds. The van der Waals surface area contributed by atoms with E-state index in [0.29, 0.717) is 36.1 Å². The monoisotopic (exact) mass is 443 g/mol. The molecule has 1 heterocycles. The molecule has 33 heavy (non-hydrogen) atoms. The fourth-order valence-electron chi connectivity index (χ4n) is 3.43. The Morgan fingerprint density at radius 3 is 2.30 bits per heavy atom. The SMILES string of the molecule is CC(CC(=O)Nc1ccc2c(c1)OCCO2)=NNC(=O)Cc1ccc(-c2ccccc2)cc1. The number of hydrogen-bond donors (Lipinski definition) is 2. The number of amides is 2. The van der Waals surface area contributed by atoms with E-state index in [0.717, 1.165) is 16.7 Å². The minimum Gasteiger partial charge on any atom is -0.486 e. The molecule has 3 aromatic carbocycles. The van der Waals surface area contributed by atoms with Crippen LogP contribution < -0.4 is 20.2 Å². The third kappa shape index (κ3) is 6.20. The van der Waals surface area contributed by atoms with E-state index < -0.39 is 0 Å².